The number of hydrogen-bond donors (Lipinski definition) is 0. The van der Waals surface area contributed by atoms with Crippen molar-refractivity contribution in [2.24, 2.45) is 0 Å². The summed E-state index contributed by atoms with van der Waals surface area (Å²) in [5.74, 6) is -0.406. The summed E-state index contributed by atoms with van der Waals surface area (Å²) >= 11 is 0. The van der Waals surface area contributed by atoms with Crippen LogP contribution in [-0.4, -0.2) is 45.7 Å². The minimum Gasteiger partial charge on any atom is -0.493 e. The molecule has 2 rings (SSSR count). The quantitative estimate of drug-likeness (QED) is 0.436. The normalized spacial score (nSPS) is 11.3. The molecule has 0 amide bonds. The Morgan fingerprint density at radius 1 is 0.923 bits per heavy atom. The molecule has 7 nitrogen and oxygen atoms in total. The maximum absolute atomic E-state index is 12.3. The van der Waals surface area contributed by atoms with E-state index in [0.717, 1.165) is 4.31 Å². The van der Waals surface area contributed by atoms with Crippen molar-refractivity contribution in [1.29, 1.82) is 0 Å². The zero-order valence-corrected chi connectivity index (χ0v) is 15.7. The molecule has 0 aliphatic heterocycles. The number of sulfonamides is 1. The first-order valence-corrected chi connectivity index (χ1v) is 9.04. The molecule has 0 N–H and O–H groups in total. The Kier molecular flexibility index (Phi) is 5.79. The van der Waals surface area contributed by atoms with Gasteiger partial charge < -0.3 is 9.47 Å². The Bertz CT molecular complexity index is 933. The van der Waals surface area contributed by atoms with E-state index >= 15 is 0 Å². The molecule has 0 unspecified atom stereocenters. The Balaban J connectivity index is 2.24. The van der Waals surface area contributed by atoms with E-state index in [0.29, 0.717) is 5.56 Å². The summed E-state index contributed by atoms with van der Waals surface area (Å²) < 4.78 is 35.6. The number of Topliss-reactive ketones (excluding diaryl/α,β-unsaturated/α-hetero) is 1. The van der Waals surface area contributed by atoms with Crippen molar-refractivity contribution < 1.29 is 27.5 Å². The minimum atomic E-state index is -3.57. The summed E-state index contributed by atoms with van der Waals surface area (Å²) in [5, 5.41) is 0. The van der Waals surface area contributed by atoms with Crippen molar-refractivity contribution in [2.45, 2.75) is 11.8 Å². The number of esters is 1. The Morgan fingerprint density at radius 3 is 2.00 bits per heavy atom. The summed E-state index contributed by atoms with van der Waals surface area (Å²) in [6, 6.07) is 9.89. The van der Waals surface area contributed by atoms with Crippen LogP contribution in [0, 0.1) is 0 Å². The molecule has 0 fully saturated rings. The van der Waals surface area contributed by atoms with Crippen molar-refractivity contribution >= 4 is 21.8 Å². The summed E-state index contributed by atoms with van der Waals surface area (Å²) in [6.45, 7) is 1.42. The molecule has 0 saturated heterocycles. The van der Waals surface area contributed by atoms with Crippen LogP contribution in [-0.2, 0) is 10.0 Å². The monoisotopic (exact) mass is 377 g/mol. The SMILES string of the molecule is COc1cc(C(C)=O)ccc1OC(=O)c1ccc(S(=O)(=O)N(C)C)cc1. The van der Waals surface area contributed by atoms with E-state index in [4.69, 9.17) is 9.47 Å². The number of carbonyl (C=O) groups is 2. The number of nitrogens with zero attached hydrogens (tertiary/aromatic N) is 1. The molecule has 2 aromatic carbocycles. The Morgan fingerprint density at radius 2 is 1.50 bits per heavy atom. The maximum atomic E-state index is 12.3. The average Bonchev–Trinajstić information content (AvgIpc) is 2.61. The van der Waals surface area contributed by atoms with Gasteiger partial charge in [-0.1, -0.05) is 0 Å². The minimum absolute atomic E-state index is 0.0717. The highest BCUT2D eigenvalue weighted by molar-refractivity contribution is 7.89. The van der Waals surface area contributed by atoms with Gasteiger partial charge in [0.25, 0.3) is 0 Å². The summed E-state index contributed by atoms with van der Waals surface area (Å²) in [5.41, 5.74) is 0.611. The van der Waals surface area contributed by atoms with Gasteiger partial charge in [-0.25, -0.2) is 17.5 Å². The van der Waals surface area contributed by atoms with Gasteiger partial charge in [-0.3, -0.25) is 4.79 Å². The van der Waals surface area contributed by atoms with Gasteiger partial charge in [-0.15, -0.1) is 0 Å². The first-order chi connectivity index (χ1) is 12.2. The van der Waals surface area contributed by atoms with Crippen LogP contribution >= 0.6 is 0 Å². The van der Waals surface area contributed by atoms with Crippen LogP contribution < -0.4 is 9.47 Å². The lowest BCUT2D eigenvalue weighted by molar-refractivity contribution is 0.0729. The Hall–Kier alpha value is -2.71. The lowest BCUT2D eigenvalue weighted by Gasteiger charge is -2.12. The number of carbonyl (C=O) groups excluding carboxylic acids is 2. The highest BCUT2D eigenvalue weighted by Gasteiger charge is 2.19. The molecule has 0 saturated carbocycles. The smallest absolute Gasteiger partial charge is 0.343 e. The molecule has 0 aliphatic carbocycles. The topological polar surface area (TPSA) is 90.0 Å². The maximum Gasteiger partial charge on any atom is 0.343 e. The molecule has 0 aliphatic rings. The second-order valence-electron chi connectivity index (χ2n) is 5.62. The van der Waals surface area contributed by atoms with Crippen LogP contribution in [0.3, 0.4) is 0 Å². The summed E-state index contributed by atoms with van der Waals surface area (Å²) in [4.78, 5) is 23.8. The zero-order valence-electron chi connectivity index (χ0n) is 14.8. The fraction of sp³-hybridized carbons (Fsp3) is 0.222. The number of hydrogen-bond acceptors (Lipinski definition) is 6. The van der Waals surface area contributed by atoms with Crippen LogP contribution in [0.25, 0.3) is 0 Å². The molecule has 0 radical (unpaired) electrons. The van der Waals surface area contributed by atoms with Gasteiger partial charge >= 0.3 is 5.97 Å². The number of ketones is 1. The van der Waals surface area contributed by atoms with Gasteiger partial charge in [-0.2, -0.15) is 0 Å². The van der Waals surface area contributed by atoms with E-state index in [1.807, 2.05) is 0 Å². The van der Waals surface area contributed by atoms with Crippen molar-refractivity contribution in [3.05, 3.63) is 53.6 Å². The second-order valence-corrected chi connectivity index (χ2v) is 7.77. The highest BCUT2D eigenvalue weighted by atomic mass is 32.2. The zero-order chi connectivity index (χ0) is 19.5. The molecule has 138 valence electrons. The average molecular weight is 377 g/mol. The van der Waals surface area contributed by atoms with Gasteiger partial charge in [-0.05, 0) is 49.4 Å². The van der Waals surface area contributed by atoms with E-state index in [2.05, 4.69) is 0 Å². The van der Waals surface area contributed by atoms with Gasteiger partial charge in [0.05, 0.1) is 17.6 Å². The predicted molar refractivity (Wildman–Crippen MR) is 95.3 cm³/mol. The van der Waals surface area contributed by atoms with E-state index in [-0.39, 0.29) is 27.7 Å². The van der Waals surface area contributed by atoms with Gasteiger partial charge in [0, 0.05) is 19.7 Å². The van der Waals surface area contributed by atoms with Crippen LogP contribution in [0.15, 0.2) is 47.4 Å². The third-order valence-corrected chi connectivity index (χ3v) is 5.47. The molecule has 2 aromatic rings. The molecule has 26 heavy (non-hydrogen) atoms. The van der Waals surface area contributed by atoms with Crippen molar-refractivity contribution in [2.75, 3.05) is 21.2 Å². The van der Waals surface area contributed by atoms with Crippen LogP contribution in [0.4, 0.5) is 0 Å². The lowest BCUT2D eigenvalue weighted by Crippen LogP contribution is -2.22. The van der Waals surface area contributed by atoms with Gasteiger partial charge in [0.1, 0.15) is 0 Å². The standard InChI is InChI=1S/C18H19NO6S/c1-12(20)14-7-10-16(17(11-14)24-4)25-18(21)13-5-8-15(9-6-13)26(22,23)19(2)3/h5-11H,1-4H3. The van der Waals surface area contributed by atoms with E-state index < -0.39 is 16.0 Å². The first-order valence-electron chi connectivity index (χ1n) is 7.60. The van der Waals surface area contributed by atoms with E-state index in [9.17, 15) is 18.0 Å². The first kappa shape index (κ1) is 19.6. The molecular formula is C18H19NO6S. The number of rotatable bonds is 6. The molecule has 0 aromatic heterocycles. The van der Waals surface area contributed by atoms with Crippen molar-refractivity contribution in [1.82, 2.24) is 4.31 Å². The molecule has 8 heteroatoms. The van der Waals surface area contributed by atoms with E-state index in [1.165, 1.54) is 70.6 Å². The number of benzene rings is 2. The van der Waals surface area contributed by atoms with Crippen LogP contribution in [0.2, 0.25) is 0 Å². The van der Waals surface area contributed by atoms with Crippen LogP contribution in [0.5, 0.6) is 11.5 Å². The molecule has 0 bridgehead atoms. The van der Waals surface area contributed by atoms with Crippen molar-refractivity contribution in [3.8, 4) is 11.5 Å². The van der Waals surface area contributed by atoms with Crippen LogP contribution in [0.1, 0.15) is 27.6 Å². The number of methoxy groups -OCH3 is 1. The molecule has 0 heterocycles. The number of ether oxygens (including phenoxy) is 2. The fourth-order valence-corrected chi connectivity index (χ4v) is 3.01. The Labute approximate surface area is 152 Å². The van der Waals surface area contributed by atoms with Crippen molar-refractivity contribution in [3.63, 3.8) is 0 Å². The highest BCUT2D eigenvalue weighted by Crippen LogP contribution is 2.29. The predicted octanol–water partition coefficient (Wildman–Crippen LogP) is 2.37. The van der Waals surface area contributed by atoms with Gasteiger partial charge in [0.2, 0.25) is 10.0 Å². The molecular weight excluding hydrogens is 358 g/mol. The molecule has 0 spiro atoms. The summed E-state index contributed by atoms with van der Waals surface area (Å²) in [7, 11) is 0.678. The van der Waals surface area contributed by atoms with E-state index in [1.54, 1.807) is 0 Å². The fourth-order valence-electron chi connectivity index (χ4n) is 2.10. The summed E-state index contributed by atoms with van der Waals surface area (Å²) in [6.07, 6.45) is 0. The third-order valence-electron chi connectivity index (χ3n) is 3.64. The second kappa shape index (κ2) is 7.67. The molecule has 0 atom stereocenters. The third kappa shape index (κ3) is 4.09. The lowest BCUT2D eigenvalue weighted by atomic mass is 10.1. The largest absolute Gasteiger partial charge is 0.493 e. The van der Waals surface area contributed by atoms with Gasteiger partial charge in [0.15, 0.2) is 17.3 Å².